The number of rotatable bonds is 4. The topological polar surface area (TPSA) is 107 Å². The average Bonchev–Trinajstić information content (AvgIpc) is 2.69. The maximum Gasteiger partial charge on any atom is 0.427 e. The molecule has 1 N–H and O–H groups in total. The summed E-state index contributed by atoms with van der Waals surface area (Å²) in [4.78, 5) is 25.1. The lowest BCUT2D eigenvalue weighted by molar-refractivity contribution is -0.390. The highest BCUT2D eigenvalue weighted by molar-refractivity contribution is 5.88. The Morgan fingerprint density at radius 2 is 2.10 bits per heavy atom. The van der Waals surface area contributed by atoms with E-state index in [1.54, 1.807) is 20.9 Å². The second-order valence-corrected chi connectivity index (χ2v) is 4.49. The zero-order valence-electron chi connectivity index (χ0n) is 11.7. The van der Waals surface area contributed by atoms with Gasteiger partial charge in [-0.25, -0.2) is 4.79 Å². The molecule has 0 spiro atoms. The summed E-state index contributed by atoms with van der Waals surface area (Å²) in [7, 11) is 1.60. The Morgan fingerprint density at radius 1 is 1.43 bits per heavy atom. The summed E-state index contributed by atoms with van der Waals surface area (Å²) in [6, 6.07) is 4.28. The van der Waals surface area contributed by atoms with E-state index in [0.717, 1.165) is 0 Å². The van der Waals surface area contributed by atoms with Crippen molar-refractivity contribution in [2.24, 2.45) is 7.05 Å². The van der Waals surface area contributed by atoms with Crippen molar-refractivity contribution in [3.63, 3.8) is 0 Å². The van der Waals surface area contributed by atoms with Crippen molar-refractivity contribution < 1.29 is 19.6 Å². The van der Waals surface area contributed by atoms with Gasteiger partial charge >= 0.3 is 17.7 Å². The number of ether oxygens (including phenoxy) is 1. The van der Waals surface area contributed by atoms with Crippen molar-refractivity contribution in [1.82, 2.24) is 9.55 Å². The molecule has 0 saturated carbocycles. The molecule has 1 heterocycles. The number of hydrogen-bond donors (Lipinski definition) is 1. The smallest absolute Gasteiger partial charge is 0.427 e. The number of hydrogen-bond acceptors (Lipinski definition) is 5. The minimum Gasteiger partial charge on any atom is -0.478 e. The number of nitro groups is 1. The van der Waals surface area contributed by atoms with Gasteiger partial charge in [0.05, 0.1) is 5.56 Å². The first kappa shape index (κ1) is 14.5. The largest absolute Gasteiger partial charge is 0.478 e. The monoisotopic (exact) mass is 291 g/mol. The van der Waals surface area contributed by atoms with E-state index in [1.807, 2.05) is 0 Å². The summed E-state index contributed by atoms with van der Waals surface area (Å²) in [5.74, 6) is -0.644. The molecule has 8 heteroatoms. The second-order valence-electron chi connectivity index (χ2n) is 4.49. The summed E-state index contributed by atoms with van der Waals surface area (Å²) >= 11 is 0. The van der Waals surface area contributed by atoms with Gasteiger partial charge in [-0.2, -0.15) is 0 Å². The van der Waals surface area contributed by atoms with E-state index in [9.17, 15) is 14.9 Å². The molecule has 0 fully saturated rings. The Labute approximate surface area is 119 Å². The van der Waals surface area contributed by atoms with E-state index >= 15 is 0 Å². The Kier molecular flexibility index (Phi) is 3.62. The number of nitrogens with zero attached hydrogens (tertiary/aromatic N) is 3. The van der Waals surface area contributed by atoms with Crippen molar-refractivity contribution in [3.05, 3.63) is 45.3 Å². The van der Waals surface area contributed by atoms with Crippen molar-refractivity contribution in [2.45, 2.75) is 13.8 Å². The quantitative estimate of drug-likeness (QED) is 0.684. The maximum absolute atomic E-state index is 11.0. The van der Waals surface area contributed by atoms with E-state index in [2.05, 4.69) is 4.98 Å². The highest BCUT2D eigenvalue weighted by atomic mass is 16.6. The van der Waals surface area contributed by atoms with Gasteiger partial charge in [0.1, 0.15) is 5.75 Å². The van der Waals surface area contributed by atoms with Crippen LogP contribution in [-0.2, 0) is 7.05 Å². The zero-order chi connectivity index (χ0) is 15.7. The number of benzene rings is 1. The van der Waals surface area contributed by atoms with E-state index in [0.29, 0.717) is 17.1 Å². The van der Waals surface area contributed by atoms with Crippen LogP contribution in [0.4, 0.5) is 5.82 Å². The van der Waals surface area contributed by atoms with Crippen LogP contribution in [0.2, 0.25) is 0 Å². The predicted octanol–water partition coefficient (Wildman–Crippen LogP) is 2.44. The molecule has 1 aromatic carbocycles. The number of imidazole rings is 1. The summed E-state index contributed by atoms with van der Waals surface area (Å²) in [6.45, 7) is 3.29. The zero-order valence-corrected chi connectivity index (χ0v) is 11.7. The van der Waals surface area contributed by atoms with Crippen LogP contribution in [0.15, 0.2) is 18.2 Å². The lowest BCUT2D eigenvalue weighted by atomic mass is 10.1. The molecule has 2 aromatic rings. The number of carboxylic acid groups (broad SMARTS) is 1. The van der Waals surface area contributed by atoms with Gasteiger partial charge in [0, 0.05) is 14.0 Å². The molecule has 0 unspecified atom stereocenters. The third kappa shape index (κ3) is 2.69. The van der Waals surface area contributed by atoms with Crippen LogP contribution in [-0.4, -0.2) is 25.6 Å². The van der Waals surface area contributed by atoms with E-state index in [-0.39, 0.29) is 17.3 Å². The number of aromatic nitrogens is 2. The van der Waals surface area contributed by atoms with Crippen molar-refractivity contribution in [3.8, 4) is 11.6 Å². The Bertz CT molecular complexity index is 736. The molecule has 0 aliphatic rings. The van der Waals surface area contributed by atoms with Gasteiger partial charge in [-0.15, -0.1) is 0 Å². The maximum atomic E-state index is 11.0. The Morgan fingerprint density at radius 3 is 2.62 bits per heavy atom. The fourth-order valence-corrected chi connectivity index (χ4v) is 1.81. The van der Waals surface area contributed by atoms with Gasteiger partial charge in [0.25, 0.3) is 0 Å². The van der Waals surface area contributed by atoms with Crippen LogP contribution in [0.25, 0.3) is 0 Å². The number of aromatic carboxylic acids is 1. The van der Waals surface area contributed by atoms with Gasteiger partial charge in [-0.05, 0) is 40.6 Å². The normalized spacial score (nSPS) is 10.4. The summed E-state index contributed by atoms with van der Waals surface area (Å²) in [6.07, 6.45) is 0. The third-order valence-electron chi connectivity index (χ3n) is 3.05. The van der Waals surface area contributed by atoms with Crippen LogP contribution < -0.4 is 4.74 Å². The van der Waals surface area contributed by atoms with E-state index in [4.69, 9.17) is 9.84 Å². The first-order valence-corrected chi connectivity index (χ1v) is 6.00. The minimum atomic E-state index is -1.05. The van der Waals surface area contributed by atoms with Crippen LogP contribution in [0.1, 0.15) is 21.7 Å². The summed E-state index contributed by atoms with van der Waals surface area (Å²) in [5.41, 5.74) is 0.679. The molecule has 2 rings (SSSR count). The number of aryl methyl sites for hydroxylation is 2. The standard InChI is InChI=1S/C13H13N3O5/c1-7-6-9(13(17)18)4-5-10(7)21-12-11(16(19)20)14-8(2)15(12)3/h4-6H,1-3H3,(H,17,18). The minimum absolute atomic E-state index is 0.00340. The molecule has 8 nitrogen and oxygen atoms in total. The molecule has 0 amide bonds. The van der Waals surface area contributed by atoms with Crippen LogP contribution in [0.5, 0.6) is 11.6 Å². The van der Waals surface area contributed by atoms with E-state index < -0.39 is 10.9 Å². The molecular weight excluding hydrogens is 278 g/mol. The predicted molar refractivity (Wildman–Crippen MR) is 72.8 cm³/mol. The second kappa shape index (κ2) is 5.23. The highest BCUT2D eigenvalue weighted by Gasteiger charge is 2.26. The van der Waals surface area contributed by atoms with Crippen molar-refractivity contribution in [1.29, 1.82) is 0 Å². The molecule has 0 aliphatic heterocycles. The fourth-order valence-electron chi connectivity index (χ4n) is 1.81. The third-order valence-corrected chi connectivity index (χ3v) is 3.05. The van der Waals surface area contributed by atoms with Crippen molar-refractivity contribution >= 4 is 11.8 Å². The Hall–Kier alpha value is -2.90. The Balaban J connectivity index is 2.43. The fraction of sp³-hybridized carbons (Fsp3) is 0.231. The van der Waals surface area contributed by atoms with Gasteiger partial charge in [0.15, 0.2) is 0 Å². The molecule has 0 radical (unpaired) electrons. The van der Waals surface area contributed by atoms with Gasteiger partial charge in [-0.3, -0.25) is 4.57 Å². The number of carbonyl (C=O) groups is 1. The van der Waals surface area contributed by atoms with Gasteiger partial charge in [0.2, 0.25) is 5.82 Å². The van der Waals surface area contributed by atoms with Gasteiger partial charge < -0.3 is 20.0 Å². The molecule has 21 heavy (non-hydrogen) atoms. The molecule has 0 saturated heterocycles. The van der Waals surface area contributed by atoms with Gasteiger partial charge in [-0.1, -0.05) is 0 Å². The molecular formula is C13H13N3O5. The molecule has 0 atom stereocenters. The molecule has 0 bridgehead atoms. The lowest BCUT2D eigenvalue weighted by Gasteiger charge is -2.09. The highest BCUT2D eigenvalue weighted by Crippen LogP contribution is 2.32. The van der Waals surface area contributed by atoms with Crippen molar-refractivity contribution in [2.75, 3.05) is 0 Å². The summed E-state index contributed by atoms with van der Waals surface area (Å²) < 4.78 is 7.01. The lowest BCUT2D eigenvalue weighted by Crippen LogP contribution is -2.00. The molecule has 110 valence electrons. The first-order valence-electron chi connectivity index (χ1n) is 6.00. The average molecular weight is 291 g/mol. The molecule has 1 aromatic heterocycles. The first-order chi connectivity index (χ1) is 9.81. The van der Waals surface area contributed by atoms with Crippen LogP contribution in [0.3, 0.4) is 0 Å². The van der Waals surface area contributed by atoms with Crippen LogP contribution >= 0.6 is 0 Å². The van der Waals surface area contributed by atoms with E-state index in [1.165, 1.54) is 22.8 Å². The number of carboxylic acids is 1. The SMILES string of the molecule is Cc1cc(C(=O)O)ccc1Oc1c([N+](=O)[O-])nc(C)n1C. The van der Waals surface area contributed by atoms with Crippen LogP contribution in [0, 0.1) is 24.0 Å². The summed E-state index contributed by atoms with van der Waals surface area (Å²) in [5, 5.41) is 19.9. The molecule has 0 aliphatic carbocycles.